The van der Waals surface area contributed by atoms with Crippen LogP contribution in [0.5, 0.6) is 0 Å². The molecule has 1 amide bonds. The molecular formula is C22H22N6O3. The Labute approximate surface area is 177 Å². The van der Waals surface area contributed by atoms with E-state index < -0.39 is 0 Å². The van der Waals surface area contributed by atoms with Crippen molar-refractivity contribution in [2.75, 3.05) is 13.1 Å². The van der Waals surface area contributed by atoms with E-state index in [-0.39, 0.29) is 17.4 Å². The number of pyridine rings is 1. The largest absolute Gasteiger partial charge is 0.360 e. The third-order valence-electron chi connectivity index (χ3n) is 5.85. The Morgan fingerprint density at radius 1 is 1.16 bits per heavy atom. The van der Waals surface area contributed by atoms with E-state index in [2.05, 4.69) is 20.2 Å². The molecule has 1 fully saturated rings. The first kappa shape index (κ1) is 19.2. The number of fused-ring (bicyclic) bond motifs is 1. The van der Waals surface area contributed by atoms with Gasteiger partial charge in [0.15, 0.2) is 5.65 Å². The van der Waals surface area contributed by atoms with E-state index in [1.165, 1.54) is 10.6 Å². The zero-order chi connectivity index (χ0) is 21.5. The third-order valence-corrected chi connectivity index (χ3v) is 5.85. The number of nitrogens with one attached hydrogen (secondary N) is 1. The molecule has 158 valence electrons. The molecule has 1 aliphatic rings. The number of likely N-dealkylation sites (tertiary alicyclic amines) is 1. The molecule has 9 nitrogen and oxygen atoms in total. The number of hydrogen-bond donors (Lipinski definition) is 1. The minimum absolute atomic E-state index is 0.0748. The molecule has 1 saturated heterocycles. The standard InChI is InChI=1S/C22H22N6O3/c1-13-11-19(29)28-18(24-13)12-17(25-28)15-5-9-27(10-6-15)22(30)20-14(2)31-26-21(20)16-3-7-23-8-4-16/h3-4,7-8,11-12,15,25H,5-6,9-10H2,1-2H3. The van der Waals surface area contributed by atoms with Crippen LogP contribution in [-0.2, 0) is 0 Å². The van der Waals surface area contributed by atoms with Crippen LogP contribution in [0.3, 0.4) is 0 Å². The van der Waals surface area contributed by atoms with Gasteiger partial charge in [0.25, 0.3) is 11.5 Å². The van der Waals surface area contributed by atoms with Crippen molar-refractivity contribution in [3.05, 3.63) is 69.7 Å². The number of hydrogen-bond acceptors (Lipinski definition) is 6. The number of amides is 1. The van der Waals surface area contributed by atoms with E-state index in [0.717, 1.165) is 24.1 Å². The topological polar surface area (TPSA) is 109 Å². The third kappa shape index (κ3) is 3.41. The summed E-state index contributed by atoms with van der Waals surface area (Å²) in [4.78, 5) is 35.7. The van der Waals surface area contributed by atoms with E-state index in [1.807, 2.05) is 30.0 Å². The number of H-pyrrole nitrogens is 1. The molecule has 0 atom stereocenters. The second kappa shape index (κ2) is 7.50. The molecule has 4 aromatic heterocycles. The van der Waals surface area contributed by atoms with Gasteiger partial charge in [-0.05, 0) is 38.8 Å². The number of aryl methyl sites for hydroxylation is 2. The summed E-state index contributed by atoms with van der Waals surface area (Å²) >= 11 is 0. The first-order valence-corrected chi connectivity index (χ1v) is 10.3. The highest BCUT2D eigenvalue weighted by molar-refractivity contribution is 6.00. The van der Waals surface area contributed by atoms with Crippen LogP contribution in [0.2, 0.25) is 0 Å². The lowest BCUT2D eigenvalue weighted by atomic mass is 9.93. The quantitative estimate of drug-likeness (QED) is 0.548. The monoisotopic (exact) mass is 418 g/mol. The Balaban J connectivity index is 1.35. The fraction of sp³-hybridized carbons (Fsp3) is 0.318. The first-order chi connectivity index (χ1) is 15.0. The predicted molar refractivity (Wildman–Crippen MR) is 113 cm³/mol. The van der Waals surface area contributed by atoms with Crippen LogP contribution in [0.25, 0.3) is 16.9 Å². The second-order valence-electron chi connectivity index (χ2n) is 7.91. The average molecular weight is 418 g/mol. The lowest BCUT2D eigenvalue weighted by Gasteiger charge is -2.31. The lowest BCUT2D eigenvalue weighted by molar-refractivity contribution is 0.0711. The van der Waals surface area contributed by atoms with Crippen LogP contribution < -0.4 is 5.56 Å². The molecule has 0 bridgehead atoms. The zero-order valence-corrected chi connectivity index (χ0v) is 17.3. The van der Waals surface area contributed by atoms with Crippen LogP contribution in [0.4, 0.5) is 0 Å². The van der Waals surface area contributed by atoms with Crippen molar-refractivity contribution < 1.29 is 9.32 Å². The lowest BCUT2D eigenvalue weighted by Crippen LogP contribution is -2.38. The van der Waals surface area contributed by atoms with E-state index in [9.17, 15) is 9.59 Å². The van der Waals surface area contributed by atoms with Gasteiger partial charge in [0, 0.05) is 60.5 Å². The van der Waals surface area contributed by atoms with Crippen molar-refractivity contribution in [1.82, 2.24) is 29.6 Å². The van der Waals surface area contributed by atoms with Gasteiger partial charge in [-0.3, -0.25) is 19.7 Å². The van der Waals surface area contributed by atoms with Crippen LogP contribution >= 0.6 is 0 Å². The summed E-state index contributed by atoms with van der Waals surface area (Å²) in [6.45, 7) is 4.79. The zero-order valence-electron chi connectivity index (χ0n) is 17.3. The minimum Gasteiger partial charge on any atom is -0.360 e. The van der Waals surface area contributed by atoms with Gasteiger partial charge in [-0.1, -0.05) is 5.16 Å². The van der Waals surface area contributed by atoms with Gasteiger partial charge in [-0.2, -0.15) is 0 Å². The van der Waals surface area contributed by atoms with Crippen LogP contribution in [0.1, 0.15) is 46.3 Å². The van der Waals surface area contributed by atoms with Crippen molar-refractivity contribution in [2.45, 2.75) is 32.6 Å². The van der Waals surface area contributed by atoms with E-state index in [0.29, 0.717) is 41.4 Å². The Kier molecular flexibility index (Phi) is 4.65. The van der Waals surface area contributed by atoms with Gasteiger partial charge < -0.3 is 9.42 Å². The molecule has 1 aliphatic heterocycles. The molecule has 0 aromatic carbocycles. The van der Waals surface area contributed by atoms with Crippen molar-refractivity contribution in [2.24, 2.45) is 0 Å². The molecule has 0 radical (unpaired) electrons. The average Bonchev–Trinajstić information content (AvgIpc) is 3.38. The van der Waals surface area contributed by atoms with Gasteiger partial charge in [0.05, 0.1) is 0 Å². The maximum absolute atomic E-state index is 13.3. The number of rotatable bonds is 3. The van der Waals surface area contributed by atoms with Gasteiger partial charge in [-0.25, -0.2) is 9.50 Å². The van der Waals surface area contributed by atoms with Gasteiger partial charge in [0.1, 0.15) is 17.0 Å². The smallest absolute Gasteiger partial charge is 0.272 e. The van der Waals surface area contributed by atoms with Gasteiger partial charge in [0.2, 0.25) is 0 Å². The van der Waals surface area contributed by atoms with E-state index in [4.69, 9.17) is 4.52 Å². The highest BCUT2D eigenvalue weighted by atomic mass is 16.5. The SMILES string of the molecule is Cc1cc(=O)n2[nH]c(C3CCN(C(=O)c4c(-c5ccncc5)noc4C)CC3)cc2n1. The van der Waals surface area contributed by atoms with Gasteiger partial charge in [-0.15, -0.1) is 0 Å². The summed E-state index contributed by atoms with van der Waals surface area (Å²) in [6.07, 6.45) is 4.92. The Morgan fingerprint density at radius 2 is 1.90 bits per heavy atom. The van der Waals surface area contributed by atoms with Gasteiger partial charge >= 0.3 is 0 Å². The number of piperidine rings is 1. The molecule has 5 heterocycles. The molecule has 0 saturated carbocycles. The van der Waals surface area contributed by atoms with E-state index in [1.54, 1.807) is 19.3 Å². The molecule has 1 N–H and O–H groups in total. The van der Waals surface area contributed by atoms with E-state index >= 15 is 0 Å². The number of aromatic amines is 1. The maximum atomic E-state index is 13.3. The normalized spacial score (nSPS) is 15.0. The fourth-order valence-corrected chi connectivity index (χ4v) is 4.22. The fourth-order valence-electron chi connectivity index (χ4n) is 4.22. The van der Waals surface area contributed by atoms with Crippen LogP contribution in [0, 0.1) is 13.8 Å². The Hall–Kier alpha value is -3.75. The van der Waals surface area contributed by atoms with Crippen molar-refractivity contribution in [3.8, 4) is 11.3 Å². The van der Waals surface area contributed by atoms with Crippen LogP contribution in [-0.4, -0.2) is 48.6 Å². The summed E-state index contributed by atoms with van der Waals surface area (Å²) in [5.41, 5.74) is 4.03. The summed E-state index contributed by atoms with van der Waals surface area (Å²) in [6, 6.07) is 7.07. The number of carbonyl (C=O) groups excluding carboxylic acids is 1. The Morgan fingerprint density at radius 3 is 2.65 bits per heavy atom. The molecule has 9 heteroatoms. The second-order valence-corrected chi connectivity index (χ2v) is 7.91. The number of aromatic nitrogens is 5. The highest BCUT2D eigenvalue weighted by Crippen LogP contribution is 2.31. The molecule has 0 spiro atoms. The predicted octanol–water partition coefficient (Wildman–Crippen LogP) is 2.71. The summed E-state index contributed by atoms with van der Waals surface area (Å²) in [5.74, 6) is 0.665. The number of carbonyl (C=O) groups is 1. The molecular weight excluding hydrogens is 396 g/mol. The van der Waals surface area contributed by atoms with Crippen LogP contribution in [0.15, 0.2) is 46.0 Å². The maximum Gasteiger partial charge on any atom is 0.272 e. The highest BCUT2D eigenvalue weighted by Gasteiger charge is 2.30. The van der Waals surface area contributed by atoms with Crippen molar-refractivity contribution in [3.63, 3.8) is 0 Å². The Bertz CT molecular complexity index is 1310. The molecule has 0 unspecified atom stereocenters. The van der Waals surface area contributed by atoms with Crippen molar-refractivity contribution >= 4 is 11.6 Å². The first-order valence-electron chi connectivity index (χ1n) is 10.3. The molecule has 4 aromatic rings. The minimum atomic E-state index is -0.118. The van der Waals surface area contributed by atoms with Crippen molar-refractivity contribution in [1.29, 1.82) is 0 Å². The molecule has 0 aliphatic carbocycles. The molecule has 5 rings (SSSR count). The summed E-state index contributed by atoms with van der Waals surface area (Å²) in [7, 11) is 0. The molecule has 31 heavy (non-hydrogen) atoms. The number of nitrogens with zero attached hydrogens (tertiary/aromatic N) is 5. The summed E-state index contributed by atoms with van der Waals surface area (Å²) in [5, 5.41) is 7.29. The summed E-state index contributed by atoms with van der Waals surface area (Å²) < 4.78 is 6.82.